The first-order valence-corrected chi connectivity index (χ1v) is 10.4. The third-order valence-corrected chi connectivity index (χ3v) is 5.25. The van der Waals surface area contributed by atoms with Crippen LogP contribution in [0.15, 0.2) is 36.4 Å². The number of carbonyl (C=O) groups is 2. The molecule has 1 heterocycles. The normalized spacial score (nSPS) is 13.3. The van der Waals surface area contributed by atoms with Gasteiger partial charge in [0.2, 0.25) is 5.91 Å². The first-order valence-electron chi connectivity index (χ1n) is 10.4. The SMILES string of the molecule is CCN(CC)CCN1C(=O)c2ccc(NC(C)=O)cc2Oc2cc(CC(F)(F)F)ccc21. The van der Waals surface area contributed by atoms with E-state index in [0.29, 0.717) is 24.5 Å². The highest BCUT2D eigenvalue weighted by Gasteiger charge is 2.31. The lowest BCUT2D eigenvalue weighted by Crippen LogP contribution is -2.38. The van der Waals surface area contributed by atoms with Gasteiger partial charge in [-0.15, -0.1) is 0 Å². The van der Waals surface area contributed by atoms with E-state index in [-0.39, 0.29) is 34.4 Å². The van der Waals surface area contributed by atoms with Crippen LogP contribution in [0.25, 0.3) is 0 Å². The van der Waals surface area contributed by atoms with Crippen LogP contribution in [0.2, 0.25) is 0 Å². The number of likely N-dealkylation sites (N-methyl/N-ethyl adjacent to an activating group) is 1. The number of fused-ring (bicyclic) bond motifs is 2. The molecule has 0 radical (unpaired) electrons. The van der Waals surface area contributed by atoms with Gasteiger partial charge < -0.3 is 19.9 Å². The summed E-state index contributed by atoms with van der Waals surface area (Å²) in [6.45, 7) is 7.96. The van der Waals surface area contributed by atoms with Crippen LogP contribution in [0.4, 0.5) is 24.5 Å². The second kappa shape index (κ2) is 9.60. The fraction of sp³-hybridized carbons (Fsp3) is 0.391. The molecule has 0 saturated carbocycles. The molecule has 9 heteroatoms. The van der Waals surface area contributed by atoms with Crippen LogP contribution in [0, 0.1) is 0 Å². The predicted molar refractivity (Wildman–Crippen MR) is 116 cm³/mol. The Balaban J connectivity index is 2.05. The standard InChI is InChI=1S/C23H26F3N3O3/c1-4-28(5-2)10-11-29-19-9-6-16(14-23(24,25)26)12-21(19)32-20-13-17(27-15(3)30)7-8-18(20)22(29)31/h6-9,12-13H,4-5,10-11,14H2,1-3H3,(H,27,30). The van der Waals surface area contributed by atoms with Crippen molar-refractivity contribution in [2.75, 3.05) is 36.4 Å². The van der Waals surface area contributed by atoms with E-state index in [2.05, 4.69) is 10.2 Å². The largest absolute Gasteiger partial charge is 0.454 e. The van der Waals surface area contributed by atoms with Crippen molar-refractivity contribution in [3.05, 3.63) is 47.5 Å². The third kappa shape index (κ3) is 5.59. The Bertz CT molecular complexity index is 1000. The topological polar surface area (TPSA) is 61.9 Å². The van der Waals surface area contributed by atoms with E-state index >= 15 is 0 Å². The van der Waals surface area contributed by atoms with Crippen molar-refractivity contribution in [2.24, 2.45) is 0 Å². The molecule has 0 spiro atoms. The molecule has 0 bridgehead atoms. The van der Waals surface area contributed by atoms with Gasteiger partial charge in [-0.2, -0.15) is 13.2 Å². The van der Waals surface area contributed by atoms with E-state index in [1.54, 1.807) is 12.1 Å². The highest BCUT2D eigenvalue weighted by Crippen LogP contribution is 2.41. The Morgan fingerprint density at radius 2 is 1.81 bits per heavy atom. The van der Waals surface area contributed by atoms with E-state index in [1.165, 1.54) is 36.1 Å². The molecular formula is C23H26F3N3O3. The lowest BCUT2D eigenvalue weighted by molar-refractivity contribution is -0.127. The number of hydrogen-bond donors (Lipinski definition) is 1. The fourth-order valence-corrected chi connectivity index (χ4v) is 3.65. The number of amides is 2. The van der Waals surface area contributed by atoms with Gasteiger partial charge in [0.05, 0.1) is 17.7 Å². The van der Waals surface area contributed by atoms with Gasteiger partial charge in [-0.25, -0.2) is 0 Å². The first kappa shape index (κ1) is 23.6. The molecule has 0 fully saturated rings. The van der Waals surface area contributed by atoms with Gasteiger partial charge in [0.1, 0.15) is 5.75 Å². The summed E-state index contributed by atoms with van der Waals surface area (Å²) >= 11 is 0. The van der Waals surface area contributed by atoms with Crippen LogP contribution < -0.4 is 15.0 Å². The molecule has 3 rings (SSSR count). The number of alkyl halides is 3. The lowest BCUT2D eigenvalue weighted by atomic mass is 10.1. The van der Waals surface area contributed by atoms with Crippen molar-refractivity contribution < 1.29 is 27.5 Å². The maximum Gasteiger partial charge on any atom is 0.393 e. The number of nitrogens with zero attached hydrogens (tertiary/aromatic N) is 2. The quantitative estimate of drug-likeness (QED) is 0.657. The Hall–Kier alpha value is -3.07. The minimum absolute atomic E-state index is 0.0360. The highest BCUT2D eigenvalue weighted by molar-refractivity contribution is 6.10. The molecule has 1 aliphatic rings. The molecule has 1 N–H and O–H groups in total. The summed E-state index contributed by atoms with van der Waals surface area (Å²) in [5.74, 6) is -0.266. The third-order valence-electron chi connectivity index (χ3n) is 5.25. The molecule has 2 aromatic rings. The molecule has 0 unspecified atom stereocenters. The number of benzene rings is 2. The van der Waals surface area contributed by atoms with Crippen molar-refractivity contribution in [3.63, 3.8) is 0 Å². The number of nitrogens with one attached hydrogen (secondary N) is 1. The Kier molecular flexibility index (Phi) is 7.08. The predicted octanol–water partition coefficient (Wildman–Crippen LogP) is 4.84. The highest BCUT2D eigenvalue weighted by atomic mass is 19.4. The van der Waals surface area contributed by atoms with Crippen LogP contribution in [-0.2, 0) is 11.2 Å². The average Bonchev–Trinajstić information content (AvgIpc) is 2.81. The Morgan fingerprint density at radius 1 is 1.09 bits per heavy atom. The van der Waals surface area contributed by atoms with Gasteiger partial charge in [0, 0.05) is 31.8 Å². The minimum Gasteiger partial charge on any atom is -0.454 e. The van der Waals surface area contributed by atoms with E-state index in [9.17, 15) is 22.8 Å². The zero-order valence-corrected chi connectivity index (χ0v) is 18.3. The smallest absolute Gasteiger partial charge is 0.393 e. The molecular weight excluding hydrogens is 423 g/mol. The van der Waals surface area contributed by atoms with Crippen LogP contribution in [-0.4, -0.2) is 49.1 Å². The first-order chi connectivity index (χ1) is 15.1. The second-order valence-electron chi connectivity index (χ2n) is 7.57. The number of rotatable bonds is 7. The lowest BCUT2D eigenvalue weighted by Gasteiger charge is -2.26. The van der Waals surface area contributed by atoms with Gasteiger partial charge in [-0.1, -0.05) is 19.9 Å². The Morgan fingerprint density at radius 3 is 2.44 bits per heavy atom. The van der Waals surface area contributed by atoms with Crippen LogP contribution in [0.5, 0.6) is 11.5 Å². The van der Waals surface area contributed by atoms with Crippen molar-refractivity contribution in [3.8, 4) is 11.5 Å². The zero-order valence-electron chi connectivity index (χ0n) is 18.3. The molecule has 0 atom stereocenters. The number of carbonyl (C=O) groups excluding carboxylic acids is 2. The van der Waals surface area contributed by atoms with Crippen molar-refractivity contribution in [1.29, 1.82) is 0 Å². The summed E-state index contributed by atoms with van der Waals surface area (Å²) in [6, 6.07) is 8.83. The van der Waals surface area contributed by atoms with Crippen LogP contribution in [0.1, 0.15) is 36.7 Å². The second-order valence-corrected chi connectivity index (χ2v) is 7.57. The molecule has 0 aromatic heterocycles. The van der Waals surface area contributed by atoms with Gasteiger partial charge in [0.25, 0.3) is 5.91 Å². The maximum atomic E-state index is 13.4. The van der Waals surface area contributed by atoms with Gasteiger partial charge in [-0.3, -0.25) is 9.59 Å². The van der Waals surface area contributed by atoms with Gasteiger partial charge in [0.15, 0.2) is 5.75 Å². The maximum absolute atomic E-state index is 13.4. The summed E-state index contributed by atoms with van der Waals surface area (Å²) in [5, 5.41) is 2.62. The monoisotopic (exact) mass is 449 g/mol. The van der Waals surface area contributed by atoms with Crippen molar-refractivity contribution in [2.45, 2.75) is 33.4 Å². The van der Waals surface area contributed by atoms with Gasteiger partial charge in [-0.05, 0) is 42.9 Å². The summed E-state index contributed by atoms with van der Waals surface area (Å²) in [5.41, 5.74) is 1.14. The van der Waals surface area contributed by atoms with Crippen LogP contribution in [0.3, 0.4) is 0 Å². The van der Waals surface area contributed by atoms with Crippen LogP contribution >= 0.6 is 0 Å². The molecule has 6 nitrogen and oxygen atoms in total. The van der Waals surface area contributed by atoms with E-state index in [4.69, 9.17) is 4.74 Å². The van der Waals surface area contributed by atoms with E-state index < -0.39 is 12.6 Å². The van der Waals surface area contributed by atoms with E-state index in [0.717, 1.165) is 13.1 Å². The number of halogens is 3. The average molecular weight is 449 g/mol. The summed E-state index contributed by atoms with van der Waals surface area (Å²) in [7, 11) is 0. The number of anilines is 2. The van der Waals surface area contributed by atoms with Gasteiger partial charge >= 0.3 is 6.18 Å². The molecule has 2 amide bonds. The Labute approximate surface area is 184 Å². The zero-order chi connectivity index (χ0) is 23.5. The molecule has 0 aliphatic carbocycles. The molecule has 172 valence electrons. The number of hydrogen-bond acceptors (Lipinski definition) is 4. The molecule has 0 saturated heterocycles. The van der Waals surface area contributed by atoms with E-state index in [1.807, 2.05) is 13.8 Å². The number of ether oxygens (including phenoxy) is 1. The summed E-state index contributed by atoms with van der Waals surface area (Å²) in [4.78, 5) is 28.5. The molecule has 1 aliphatic heterocycles. The summed E-state index contributed by atoms with van der Waals surface area (Å²) < 4.78 is 44.8. The van der Waals surface area contributed by atoms with Crippen molar-refractivity contribution in [1.82, 2.24) is 4.90 Å². The molecule has 32 heavy (non-hydrogen) atoms. The summed E-state index contributed by atoms with van der Waals surface area (Å²) in [6.07, 6.45) is -5.47. The fourth-order valence-electron chi connectivity index (χ4n) is 3.65. The molecule has 2 aromatic carbocycles. The minimum atomic E-state index is -4.37. The van der Waals surface area contributed by atoms with Crippen molar-refractivity contribution >= 4 is 23.2 Å².